The highest BCUT2D eigenvalue weighted by atomic mass is 32.1. The van der Waals surface area contributed by atoms with Gasteiger partial charge < -0.3 is 9.84 Å². The number of alkyl halides is 3. The van der Waals surface area contributed by atoms with Crippen LogP contribution in [0.15, 0.2) is 48.5 Å². The number of nitrogens with zero attached hydrogens (tertiary/aromatic N) is 1. The summed E-state index contributed by atoms with van der Waals surface area (Å²) >= 11 is 1.30. The first-order valence-electron chi connectivity index (χ1n) is 10.3. The van der Waals surface area contributed by atoms with E-state index in [1.807, 2.05) is 13.8 Å². The van der Waals surface area contributed by atoms with E-state index >= 15 is 0 Å². The quantitative estimate of drug-likeness (QED) is 0.284. The normalized spacial score (nSPS) is 11.9. The van der Waals surface area contributed by atoms with Gasteiger partial charge in [-0.15, -0.1) is 11.3 Å². The van der Waals surface area contributed by atoms with Gasteiger partial charge in [0.1, 0.15) is 10.8 Å². The zero-order chi connectivity index (χ0) is 25.0. The van der Waals surface area contributed by atoms with Gasteiger partial charge in [-0.1, -0.05) is 26.0 Å². The summed E-state index contributed by atoms with van der Waals surface area (Å²) < 4.78 is 43.7. The summed E-state index contributed by atoms with van der Waals surface area (Å²) in [5.41, 5.74) is 1.63. The van der Waals surface area contributed by atoms with Crippen LogP contribution in [0.1, 0.15) is 51.8 Å². The third-order valence-electron chi connectivity index (χ3n) is 4.88. The van der Waals surface area contributed by atoms with E-state index in [1.54, 1.807) is 31.2 Å². The van der Waals surface area contributed by atoms with Gasteiger partial charge in [0.2, 0.25) is 0 Å². The molecule has 1 N–H and O–H groups in total. The van der Waals surface area contributed by atoms with Crippen molar-refractivity contribution in [2.45, 2.75) is 32.9 Å². The molecule has 0 saturated carbocycles. The highest BCUT2D eigenvalue weighted by Crippen LogP contribution is 2.35. The van der Waals surface area contributed by atoms with Crippen LogP contribution in [0.5, 0.6) is 5.75 Å². The fourth-order valence-electron chi connectivity index (χ4n) is 3.15. The van der Waals surface area contributed by atoms with Gasteiger partial charge in [-0.25, -0.2) is 9.78 Å². The van der Waals surface area contributed by atoms with Crippen molar-refractivity contribution in [1.82, 2.24) is 4.98 Å². The first kappa shape index (κ1) is 25.2. The second-order valence-corrected chi connectivity index (χ2v) is 8.89. The summed E-state index contributed by atoms with van der Waals surface area (Å²) in [6.45, 7) is 5.14. The van der Waals surface area contributed by atoms with E-state index in [0.717, 1.165) is 22.7 Å². The van der Waals surface area contributed by atoms with Crippen LogP contribution in [-0.2, 0) is 11.0 Å². The Morgan fingerprint density at radius 1 is 1.15 bits per heavy atom. The highest BCUT2D eigenvalue weighted by Gasteiger charge is 2.30. The maximum absolute atomic E-state index is 12.8. The highest BCUT2D eigenvalue weighted by molar-refractivity contribution is 7.16. The van der Waals surface area contributed by atoms with Crippen LogP contribution in [-0.4, -0.2) is 28.4 Å². The molecular formula is C25H22F3NO4S. The Morgan fingerprint density at radius 3 is 2.38 bits per heavy atom. The average molecular weight is 490 g/mol. The number of hydrogen-bond donors (Lipinski definition) is 1. The Balaban J connectivity index is 1.82. The number of carbonyl (C=O) groups is 2. The Bertz CT molecular complexity index is 1230. The molecule has 9 heteroatoms. The Morgan fingerprint density at radius 2 is 1.82 bits per heavy atom. The number of benzene rings is 2. The Kier molecular flexibility index (Phi) is 7.56. The molecule has 0 aliphatic rings. The van der Waals surface area contributed by atoms with E-state index in [1.165, 1.54) is 29.5 Å². The van der Waals surface area contributed by atoms with E-state index in [4.69, 9.17) is 9.84 Å². The first-order valence-corrected chi connectivity index (χ1v) is 11.1. The maximum Gasteiger partial charge on any atom is 0.416 e. The van der Waals surface area contributed by atoms with Crippen LogP contribution < -0.4 is 4.74 Å². The predicted molar refractivity (Wildman–Crippen MR) is 124 cm³/mol. The molecule has 0 unspecified atom stereocenters. The number of carboxylic acid groups (broad SMARTS) is 1. The number of carboxylic acids is 1. The molecule has 0 atom stereocenters. The SMILES string of the molecule is Cc1cc(C(=O)/C=C/c2sc(-c3ccc(C(F)(F)F)cc3)nc2C(C)C)ccc1OCC(=O)O. The van der Waals surface area contributed by atoms with Gasteiger partial charge >= 0.3 is 12.1 Å². The third kappa shape index (κ3) is 6.11. The molecule has 0 radical (unpaired) electrons. The minimum atomic E-state index is -4.41. The third-order valence-corrected chi connectivity index (χ3v) is 5.97. The standard InChI is InChI=1S/C25H22F3NO4S/c1-14(2)23-21(34-24(29-23)16-4-7-18(8-5-16)25(26,27)28)11-9-19(30)17-6-10-20(15(3)12-17)33-13-22(31)32/h4-12,14H,13H2,1-3H3,(H,31,32)/b11-9+. The van der Waals surface area contributed by atoms with Crippen molar-refractivity contribution in [3.05, 3.63) is 75.8 Å². The first-order chi connectivity index (χ1) is 16.0. The molecular weight excluding hydrogens is 467 g/mol. The van der Waals surface area contributed by atoms with Crippen molar-refractivity contribution >= 4 is 29.2 Å². The fourth-order valence-corrected chi connectivity index (χ4v) is 4.28. The molecule has 34 heavy (non-hydrogen) atoms. The van der Waals surface area contributed by atoms with Gasteiger partial charge in [0.05, 0.1) is 16.1 Å². The molecule has 2 aromatic carbocycles. The number of allylic oxidation sites excluding steroid dienone is 1. The minimum Gasteiger partial charge on any atom is -0.482 e. The van der Waals surface area contributed by atoms with Gasteiger partial charge in [-0.2, -0.15) is 13.2 Å². The number of aliphatic carboxylic acids is 1. The molecule has 0 fully saturated rings. The zero-order valence-corrected chi connectivity index (χ0v) is 19.5. The summed E-state index contributed by atoms with van der Waals surface area (Å²) in [6.07, 6.45) is -1.33. The number of carbonyl (C=O) groups excluding carboxylic acids is 1. The van der Waals surface area contributed by atoms with Crippen LogP contribution in [0.3, 0.4) is 0 Å². The number of hydrogen-bond acceptors (Lipinski definition) is 5. The minimum absolute atomic E-state index is 0.0436. The lowest BCUT2D eigenvalue weighted by Crippen LogP contribution is -2.10. The smallest absolute Gasteiger partial charge is 0.416 e. The Labute approximate surface area is 198 Å². The van der Waals surface area contributed by atoms with Crippen molar-refractivity contribution in [1.29, 1.82) is 0 Å². The number of rotatable bonds is 8. The van der Waals surface area contributed by atoms with Crippen molar-refractivity contribution in [2.75, 3.05) is 6.61 Å². The molecule has 5 nitrogen and oxygen atoms in total. The van der Waals surface area contributed by atoms with Crippen molar-refractivity contribution in [3.8, 4) is 16.3 Å². The van der Waals surface area contributed by atoms with E-state index < -0.39 is 24.3 Å². The lowest BCUT2D eigenvalue weighted by molar-refractivity contribution is -0.139. The molecule has 0 bridgehead atoms. The average Bonchev–Trinajstić information content (AvgIpc) is 3.20. The van der Waals surface area contributed by atoms with E-state index in [9.17, 15) is 22.8 Å². The van der Waals surface area contributed by atoms with E-state index in [2.05, 4.69) is 4.98 Å². The molecule has 0 spiro atoms. The summed E-state index contributed by atoms with van der Waals surface area (Å²) in [5.74, 6) is -0.925. The van der Waals surface area contributed by atoms with Gasteiger partial charge in [-0.05, 0) is 60.9 Å². The lowest BCUT2D eigenvalue weighted by Gasteiger charge is -2.07. The number of aromatic nitrogens is 1. The second kappa shape index (κ2) is 10.2. The number of ketones is 1. The van der Waals surface area contributed by atoms with Crippen LogP contribution in [0, 0.1) is 6.92 Å². The number of ether oxygens (including phenoxy) is 1. The summed E-state index contributed by atoms with van der Waals surface area (Å²) in [4.78, 5) is 28.7. The molecule has 0 aliphatic heterocycles. The topological polar surface area (TPSA) is 76.5 Å². The molecule has 0 saturated heterocycles. The summed E-state index contributed by atoms with van der Waals surface area (Å²) in [7, 11) is 0. The van der Waals surface area contributed by atoms with Gasteiger partial charge in [-0.3, -0.25) is 4.79 Å². The van der Waals surface area contributed by atoms with Crippen LogP contribution in [0.4, 0.5) is 13.2 Å². The van der Waals surface area contributed by atoms with Crippen molar-refractivity contribution in [2.24, 2.45) is 0 Å². The molecule has 0 aliphatic carbocycles. The maximum atomic E-state index is 12.8. The summed E-state index contributed by atoms with van der Waals surface area (Å²) in [6, 6.07) is 9.55. The van der Waals surface area contributed by atoms with E-state index in [-0.39, 0.29) is 11.7 Å². The molecule has 1 heterocycles. The lowest BCUT2D eigenvalue weighted by atomic mass is 10.1. The molecule has 3 aromatic rings. The molecule has 178 valence electrons. The molecule has 1 aromatic heterocycles. The summed E-state index contributed by atoms with van der Waals surface area (Å²) in [5, 5.41) is 9.30. The molecule has 0 amide bonds. The predicted octanol–water partition coefficient (Wildman–Crippen LogP) is 6.62. The second-order valence-electron chi connectivity index (χ2n) is 7.86. The van der Waals surface area contributed by atoms with Crippen molar-refractivity contribution in [3.63, 3.8) is 0 Å². The van der Waals surface area contributed by atoms with Gasteiger partial charge in [0.25, 0.3) is 0 Å². The van der Waals surface area contributed by atoms with Gasteiger partial charge in [0, 0.05) is 11.1 Å². The number of thiazole rings is 1. The van der Waals surface area contributed by atoms with Gasteiger partial charge in [0.15, 0.2) is 12.4 Å². The Hall–Kier alpha value is -3.46. The monoisotopic (exact) mass is 489 g/mol. The fraction of sp³-hybridized carbons (Fsp3) is 0.240. The van der Waals surface area contributed by atoms with Crippen LogP contribution in [0.25, 0.3) is 16.6 Å². The molecule has 3 rings (SSSR count). The van der Waals surface area contributed by atoms with E-state index in [0.29, 0.717) is 27.4 Å². The number of halogens is 3. The largest absolute Gasteiger partial charge is 0.482 e. The van der Waals surface area contributed by atoms with Crippen molar-refractivity contribution < 1.29 is 32.6 Å². The number of aryl methyl sites for hydroxylation is 1. The van der Waals surface area contributed by atoms with Crippen LogP contribution >= 0.6 is 11.3 Å². The van der Waals surface area contributed by atoms with Crippen LogP contribution in [0.2, 0.25) is 0 Å². The zero-order valence-electron chi connectivity index (χ0n) is 18.6.